The molecule has 0 atom stereocenters. The number of benzene rings is 1. The van der Waals surface area contributed by atoms with Gasteiger partial charge in [0.25, 0.3) is 5.91 Å². The molecular formula is C15H21ClN2O2. The molecule has 110 valence electrons. The van der Waals surface area contributed by atoms with Gasteiger partial charge in [0.1, 0.15) is 0 Å². The maximum Gasteiger partial charge on any atom is 0.251 e. The van der Waals surface area contributed by atoms with E-state index in [1.165, 1.54) is 0 Å². The van der Waals surface area contributed by atoms with E-state index in [1.807, 2.05) is 13.8 Å². The molecule has 20 heavy (non-hydrogen) atoms. The first-order valence-electron chi connectivity index (χ1n) is 6.79. The summed E-state index contributed by atoms with van der Waals surface area (Å²) < 4.78 is 0. The van der Waals surface area contributed by atoms with E-state index in [9.17, 15) is 9.59 Å². The SMILES string of the molecule is CC(C)NC(=O)c1cccc(NC(=O)CCCCCl)c1. The molecule has 0 aliphatic carbocycles. The topological polar surface area (TPSA) is 58.2 Å². The number of hydrogen-bond donors (Lipinski definition) is 2. The van der Waals surface area contributed by atoms with E-state index in [0.29, 0.717) is 23.6 Å². The minimum absolute atomic E-state index is 0.0588. The van der Waals surface area contributed by atoms with Crippen molar-refractivity contribution >= 4 is 29.1 Å². The third-order valence-electron chi connectivity index (χ3n) is 2.62. The van der Waals surface area contributed by atoms with Gasteiger partial charge in [0.15, 0.2) is 0 Å². The molecule has 0 aliphatic rings. The standard InChI is InChI=1S/C15H21ClN2O2/c1-11(2)17-15(20)12-6-5-7-13(10-12)18-14(19)8-3-4-9-16/h5-7,10-11H,3-4,8-9H2,1-2H3,(H,17,20)(H,18,19). The Labute approximate surface area is 124 Å². The van der Waals surface area contributed by atoms with Crippen LogP contribution in [0.3, 0.4) is 0 Å². The highest BCUT2D eigenvalue weighted by Crippen LogP contribution is 2.12. The van der Waals surface area contributed by atoms with Crippen LogP contribution in [0.25, 0.3) is 0 Å². The number of halogens is 1. The first kappa shape index (κ1) is 16.5. The van der Waals surface area contributed by atoms with Gasteiger partial charge in [0, 0.05) is 29.6 Å². The van der Waals surface area contributed by atoms with Crippen LogP contribution in [-0.2, 0) is 4.79 Å². The van der Waals surface area contributed by atoms with Crippen molar-refractivity contribution in [3.05, 3.63) is 29.8 Å². The van der Waals surface area contributed by atoms with Crippen molar-refractivity contribution in [1.29, 1.82) is 0 Å². The molecule has 0 aromatic heterocycles. The fraction of sp³-hybridized carbons (Fsp3) is 0.467. The fourth-order valence-electron chi connectivity index (χ4n) is 1.69. The molecule has 0 radical (unpaired) electrons. The third-order valence-corrected chi connectivity index (χ3v) is 2.88. The van der Waals surface area contributed by atoms with Crippen molar-refractivity contribution in [3.63, 3.8) is 0 Å². The van der Waals surface area contributed by atoms with Crippen LogP contribution in [0.4, 0.5) is 5.69 Å². The smallest absolute Gasteiger partial charge is 0.251 e. The molecule has 0 heterocycles. The van der Waals surface area contributed by atoms with Gasteiger partial charge in [-0.15, -0.1) is 11.6 Å². The molecule has 1 aromatic rings. The van der Waals surface area contributed by atoms with Gasteiger partial charge in [-0.3, -0.25) is 9.59 Å². The molecular weight excluding hydrogens is 276 g/mol. The largest absolute Gasteiger partial charge is 0.350 e. The lowest BCUT2D eigenvalue weighted by molar-refractivity contribution is -0.116. The zero-order valence-electron chi connectivity index (χ0n) is 11.9. The zero-order chi connectivity index (χ0) is 15.0. The van der Waals surface area contributed by atoms with Crippen molar-refractivity contribution < 1.29 is 9.59 Å². The summed E-state index contributed by atoms with van der Waals surface area (Å²) in [6, 6.07) is 7.00. The second-order valence-electron chi connectivity index (χ2n) is 4.90. The number of amides is 2. The minimum Gasteiger partial charge on any atom is -0.350 e. The Hall–Kier alpha value is -1.55. The van der Waals surface area contributed by atoms with Crippen molar-refractivity contribution in [2.24, 2.45) is 0 Å². The lowest BCUT2D eigenvalue weighted by Gasteiger charge is -2.10. The van der Waals surface area contributed by atoms with Gasteiger partial charge in [-0.1, -0.05) is 6.07 Å². The van der Waals surface area contributed by atoms with Gasteiger partial charge >= 0.3 is 0 Å². The number of rotatable bonds is 7. The molecule has 1 rings (SSSR count). The Balaban J connectivity index is 2.59. The number of hydrogen-bond acceptors (Lipinski definition) is 2. The summed E-state index contributed by atoms with van der Waals surface area (Å²) >= 11 is 5.57. The minimum atomic E-state index is -0.141. The van der Waals surface area contributed by atoms with E-state index in [0.717, 1.165) is 12.8 Å². The van der Waals surface area contributed by atoms with E-state index in [-0.39, 0.29) is 17.9 Å². The van der Waals surface area contributed by atoms with Crippen LogP contribution in [0.5, 0.6) is 0 Å². The summed E-state index contributed by atoms with van der Waals surface area (Å²) in [5, 5.41) is 5.60. The summed E-state index contributed by atoms with van der Waals surface area (Å²) in [7, 11) is 0. The van der Waals surface area contributed by atoms with Gasteiger partial charge < -0.3 is 10.6 Å². The van der Waals surface area contributed by atoms with Crippen LogP contribution in [0, 0.1) is 0 Å². The van der Waals surface area contributed by atoms with Crippen LogP contribution >= 0.6 is 11.6 Å². The van der Waals surface area contributed by atoms with Crippen molar-refractivity contribution in [2.45, 2.75) is 39.2 Å². The van der Waals surface area contributed by atoms with Crippen molar-refractivity contribution in [1.82, 2.24) is 5.32 Å². The third kappa shape index (κ3) is 6.06. The van der Waals surface area contributed by atoms with E-state index < -0.39 is 0 Å². The first-order chi connectivity index (χ1) is 9.52. The van der Waals surface area contributed by atoms with Crippen LogP contribution in [0.15, 0.2) is 24.3 Å². The Morgan fingerprint density at radius 2 is 2.00 bits per heavy atom. The zero-order valence-corrected chi connectivity index (χ0v) is 12.7. The molecule has 1 aromatic carbocycles. The van der Waals surface area contributed by atoms with E-state index >= 15 is 0 Å². The predicted octanol–water partition coefficient (Wildman–Crippen LogP) is 3.17. The van der Waals surface area contributed by atoms with Gasteiger partial charge in [-0.05, 0) is 44.9 Å². The van der Waals surface area contributed by atoms with Crippen LogP contribution < -0.4 is 10.6 Å². The molecule has 0 spiro atoms. The Morgan fingerprint density at radius 1 is 1.25 bits per heavy atom. The Bertz CT molecular complexity index is 461. The highest BCUT2D eigenvalue weighted by Gasteiger charge is 2.08. The molecule has 0 fully saturated rings. The molecule has 0 aliphatic heterocycles. The summed E-state index contributed by atoms with van der Waals surface area (Å²) in [4.78, 5) is 23.6. The summed E-state index contributed by atoms with van der Waals surface area (Å²) in [6.45, 7) is 3.81. The second kappa shape index (κ2) is 8.59. The predicted molar refractivity (Wildman–Crippen MR) is 82.2 cm³/mol. The molecule has 4 nitrogen and oxygen atoms in total. The van der Waals surface area contributed by atoms with Crippen LogP contribution in [-0.4, -0.2) is 23.7 Å². The molecule has 2 N–H and O–H groups in total. The lowest BCUT2D eigenvalue weighted by Crippen LogP contribution is -2.30. The summed E-state index contributed by atoms with van der Waals surface area (Å²) in [5.41, 5.74) is 1.18. The molecule has 5 heteroatoms. The van der Waals surface area contributed by atoms with E-state index in [4.69, 9.17) is 11.6 Å². The molecule has 0 unspecified atom stereocenters. The van der Waals surface area contributed by atoms with Gasteiger partial charge in [0.05, 0.1) is 0 Å². The number of carbonyl (C=O) groups is 2. The normalized spacial score (nSPS) is 10.4. The maximum absolute atomic E-state index is 11.9. The molecule has 2 amide bonds. The van der Waals surface area contributed by atoms with Crippen molar-refractivity contribution in [2.75, 3.05) is 11.2 Å². The number of alkyl halides is 1. The number of anilines is 1. The van der Waals surface area contributed by atoms with E-state index in [2.05, 4.69) is 10.6 Å². The average molecular weight is 297 g/mol. The van der Waals surface area contributed by atoms with Crippen LogP contribution in [0.1, 0.15) is 43.5 Å². The average Bonchev–Trinajstić information content (AvgIpc) is 2.38. The molecule has 0 bridgehead atoms. The number of nitrogens with one attached hydrogen (secondary N) is 2. The second-order valence-corrected chi connectivity index (χ2v) is 5.28. The molecule has 0 saturated carbocycles. The van der Waals surface area contributed by atoms with Gasteiger partial charge in [-0.25, -0.2) is 0 Å². The number of unbranched alkanes of at least 4 members (excludes halogenated alkanes) is 1. The van der Waals surface area contributed by atoms with Crippen molar-refractivity contribution in [3.8, 4) is 0 Å². The first-order valence-corrected chi connectivity index (χ1v) is 7.33. The Kier molecular flexibility index (Phi) is 7.09. The monoisotopic (exact) mass is 296 g/mol. The molecule has 0 saturated heterocycles. The highest BCUT2D eigenvalue weighted by atomic mass is 35.5. The quantitative estimate of drug-likeness (QED) is 0.600. The lowest BCUT2D eigenvalue weighted by atomic mass is 10.1. The maximum atomic E-state index is 11.9. The fourth-order valence-corrected chi connectivity index (χ4v) is 1.88. The van der Waals surface area contributed by atoms with Gasteiger partial charge in [-0.2, -0.15) is 0 Å². The summed E-state index contributed by atoms with van der Waals surface area (Å²) in [6.07, 6.45) is 2.03. The highest BCUT2D eigenvalue weighted by molar-refractivity contribution is 6.17. The van der Waals surface area contributed by atoms with E-state index in [1.54, 1.807) is 24.3 Å². The van der Waals surface area contributed by atoms with Gasteiger partial charge in [0.2, 0.25) is 5.91 Å². The number of carbonyl (C=O) groups excluding carboxylic acids is 2. The summed E-state index contributed by atoms with van der Waals surface area (Å²) in [5.74, 6) is 0.368. The van der Waals surface area contributed by atoms with Crippen LogP contribution in [0.2, 0.25) is 0 Å². The Morgan fingerprint density at radius 3 is 2.65 bits per heavy atom.